The molecule has 6 aromatic carbocycles. The predicted molar refractivity (Wildman–Crippen MR) is 188 cm³/mol. The van der Waals surface area contributed by atoms with Crippen LogP contribution in [0.15, 0.2) is 148 Å². The molecule has 8 aromatic rings. The number of fused-ring (bicyclic) bond motifs is 4. The smallest absolute Gasteiger partial charge is 0.143 e. The van der Waals surface area contributed by atoms with Crippen LogP contribution in [0.4, 0.5) is 0 Å². The fourth-order valence-corrected chi connectivity index (χ4v) is 6.92. The average Bonchev–Trinajstić information content (AvgIpc) is 3.71. The maximum absolute atomic E-state index is 7.09. The number of hydrogen-bond acceptors (Lipinski definition) is 2. The second-order valence-electron chi connectivity index (χ2n) is 11.8. The van der Waals surface area contributed by atoms with Gasteiger partial charge in [-0.05, 0) is 53.8 Å². The van der Waals surface area contributed by atoms with Crippen molar-refractivity contribution in [3.8, 4) is 56.0 Å². The normalized spacial score (nSPS) is 12.3. The van der Waals surface area contributed by atoms with Gasteiger partial charge in [-0.3, -0.25) is 0 Å². The Balaban J connectivity index is 1.29. The zero-order valence-electron chi connectivity index (χ0n) is 25.1. The van der Waals surface area contributed by atoms with Gasteiger partial charge in [-0.25, -0.2) is 0 Å². The summed E-state index contributed by atoms with van der Waals surface area (Å²) in [6.45, 7) is 0. The highest BCUT2D eigenvalue weighted by Crippen LogP contribution is 2.47. The molecule has 0 saturated carbocycles. The van der Waals surface area contributed by atoms with Gasteiger partial charge in [-0.15, -0.1) is 0 Å². The molecule has 0 bridgehead atoms. The van der Waals surface area contributed by atoms with Gasteiger partial charge >= 0.3 is 0 Å². The summed E-state index contributed by atoms with van der Waals surface area (Å²) in [4.78, 5) is 0. The van der Waals surface area contributed by atoms with Crippen molar-refractivity contribution >= 4 is 28.0 Å². The quantitative estimate of drug-likeness (QED) is 0.200. The number of rotatable bonds is 5. The summed E-state index contributed by atoms with van der Waals surface area (Å²) in [6.07, 6.45) is 6.38. The van der Waals surface area contributed by atoms with E-state index in [1.807, 2.05) is 24.3 Å². The summed E-state index contributed by atoms with van der Waals surface area (Å²) in [5.41, 5.74) is 12.8. The van der Waals surface area contributed by atoms with Crippen molar-refractivity contribution < 1.29 is 8.83 Å². The number of allylic oxidation sites excluding steroid dienone is 1. The maximum Gasteiger partial charge on any atom is 0.143 e. The lowest BCUT2D eigenvalue weighted by Crippen LogP contribution is -1.95. The summed E-state index contributed by atoms with van der Waals surface area (Å²) < 4.78 is 13.6. The molecule has 2 aromatic heterocycles. The molecule has 0 N–H and O–H groups in total. The zero-order chi connectivity index (χ0) is 30.5. The molecule has 0 amide bonds. The molecule has 0 spiro atoms. The van der Waals surface area contributed by atoms with E-state index < -0.39 is 0 Å². The molecule has 216 valence electrons. The summed E-state index contributed by atoms with van der Waals surface area (Å²) in [7, 11) is 0. The maximum atomic E-state index is 7.09. The summed E-state index contributed by atoms with van der Waals surface area (Å²) in [5, 5.41) is 2.24. The van der Waals surface area contributed by atoms with Gasteiger partial charge < -0.3 is 8.83 Å². The van der Waals surface area contributed by atoms with Crippen LogP contribution in [-0.4, -0.2) is 0 Å². The minimum Gasteiger partial charge on any atom is -0.455 e. The lowest BCUT2D eigenvalue weighted by Gasteiger charge is -2.13. The van der Waals surface area contributed by atoms with Crippen LogP contribution in [0.5, 0.6) is 0 Å². The first-order valence-electron chi connectivity index (χ1n) is 15.7. The van der Waals surface area contributed by atoms with E-state index in [0.717, 1.165) is 90.8 Å². The van der Waals surface area contributed by atoms with Crippen LogP contribution >= 0.6 is 0 Å². The molecular weight excluding hydrogens is 560 g/mol. The molecule has 2 nitrogen and oxygen atoms in total. The van der Waals surface area contributed by atoms with Crippen LogP contribution in [-0.2, 0) is 6.42 Å². The molecule has 1 aliphatic carbocycles. The Kier molecular flexibility index (Phi) is 6.21. The van der Waals surface area contributed by atoms with E-state index in [-0.39, 0.29) is 0 Å². The number of furan rings is 2. The first kappa shape index (κ1) is 26.4. The third-order valence-electron chi connectivity index (χ3n) is 9.07. The van der Waals surface area contributed by atoms with Crippen molar-refractivity contribution in [2.45, 2.75) is 12.8 Å². The number of hydrogen-bond donors (Lipinski definition) is 0. The number of benzene rings is 5. The summed E-state index contributed by atoms with van der Waals surface area (Å²) in [6, 6.07) is 52.9. The third-order valence-corrected chi connectivity index (χ3v) is 9.07. The largest absolute Gasteiger partial charge is 0.455 e. The van der Waals surface area contributed by atoms with E-state index in [1.54, 1.807) is 0 Å². The fraction of sp³-hybridized carbons (Fsp3) is 0.0455. The minimum atomic E-state index is 0.892. The highest BCUT2D eigenvalue weighted by Gasteiger charge is 2.26. The van der Waals surface area contributed by atoms with Crippen LogP contribution in [0.3, 0.4) is 0 Å². The predicted octanol–water partition coefficient (Wildman–Crippen LogP) is 12.1. The lowest BCUT2D eigenvalue weighted by molar-refractivity contribution is 0.594. The monoisotopic (exact) mass is 588 g/mol. The average molecular weight is 589 g/mol. The molecule has 0 aliphatic heterocycles. The van der Waals surface area contributed by atoms with Crippen molar-refractivity contribution in [2.75, 3.05) is 0 Å². The van der Waals surface area contributed by atoms with E-state index >= 15 is 0 Å². The Bertz CT molecular complexity index is 2400. The standard InChI is InChI=1S/C44H28O2/c1-3-14-29(15-4-1)32-18-7-8-20-36(32)43-38-21-9-10-22-39(38)44(46-43)40-28-31(26-27-33(40)30-16-5-2-6-17-30)34-23-13-24-37-35-19-11-12-25-41(35)45-42(34)37/h1-5,7-9,11-16,18-21,23-28H,10,22H2. The van der Waals surface area contributed by atoms with E-state index in [1.165, 1.54) is 11.1 Å². The Morgan fingerprint density at radius 1 is 0.543 bits per heavy atom. The highest BCUT2D eigenvalue weighted by atomic mass is 16.3. The van der Waals surface area contributed by atoms with Crippen LogP contribution in [0.2, 0.25) is 0 Å². The molecule has 0 unspecified atom stereocenters. The van der Waals surface area contributed by atoms with Gasteiger partial charge in [0, 0.05) is 49.7 Å². The minimum absolute atomic E-state index is 0.892. The first-order valence-corrected chi connectivity index (χ1v) is 15.7. The molecule has 2 heterocycles. The Morgan fingerprint density at radius 3 is 2.24 bits per heavy atom. The van der Waals surface area contributed by atoms with E-state index in [2.05, 4.69) is 133 Å². The van der Waals surface area contributed by atoms with Gasteiger partial charge in [0.15, 0.2) is 0 Å². The molecule has 0 atom stereocenters. The molecule has 2 heteroatoms. The highest BCUT2D eigenvalue weighted by molar-refractivity contribution is 6.10. The second kappa shape index (κ2) is 10.8. The van der Waals surface area contributed by atoms with E-state index in [0.29, 0.717) is 0 Å². The molecule has 1 aliphatic rings. The van der Waals surface area contributed by atoms with Crippen molar-refractivity contribution in [2.24, 2.45) is 0 Å². The summed E-state index contributed by atoms with van der Waals surface area (Å²) in [5.74, 6) is 1.81. The van der Waals surface area contributed by atoms with E-state index in [9.17, 15) is 0 Å². The summed E-state index contributed by atoms with van der Waals surface area (Å²) >= 11 is 0. The molecular formula is C44H28O2. The van der Waals surface area contributed by atoms with Gasteiger partial charge in [0.2, 0.25) is 0 Å². The zero-order valence-corrected chi connectivity index (χ0v) is 25.1. The van der Waals surface area contributed by atoms with Crippen molar-refractivity contribution in [1.29, 1.82) is 0 Å². The lowest BCUT2D eigenvalue weighted by atomic mass is 9.88. The van der Waals surface area contributed by atoms with Gasteiger partial charge in [0.05, 0.1) is 0 Å². The Labute approximate surface area is 267 Å². The van der Waals surface area contributed by atoms with Crippen molar-refractivity contribution in [1.82, 2.24) is 0 Å². The van der Waals surface area contributed by atoms with Crippen LogP contribution in [0, 0.1) is 12.1 Å². The van der Waals surface area contributed by atoms with Crippen LogP contribution in [0.1, 0.15) is 17.5 Å². The molecule has 0 radical (unpaired) electrons. The molecule has 0 fully saturated rings. The van der Waals surface area contributed by atoms with Gasteiger partial charge in [0.1, 0.15) is 22.7 Å². The third kappa shape index (κ3) is 4.29. The van der Waals surface area contributed by atoms with Crippen LogP contribution in [0.25, 0.3) is 84.0 Å². The van der Waals surface area contributed by atoms with E-state index in [4.69, 9.17) is 8.83 Å². The Hall–Kier alpha value is -6.04. The fourth-order valence-electron chi connectivity index (χ4n) is 6.92. The van der Waals surface area contributed by atoms with Gasteiger partial charge in [0.25, 0.3) is 0 Å². The number of para-hydroxylation sites is 2. The molecule has 46 heavy (non-hydrogen) atoms. The molecule has 9 rings (SSSR count). The topological polar surface area (TPSA) is 26.3 Å². The second-order valence-corrected chi connectivity index (χ2v) is 11.8. The van der Waals surface area contributed by atoms with Crippen LogP contribution < -0.4 is 0 Å². The van der Waals surface area contributed by atoms with Crippen molar-refractivity contribution in [3.05, 3.63) is 163 Å². The van der Waals surface area contributed by atoms with Gasteiger partial charge in [-0.1, -0.05) is 133 Å². The van der Waals surface area contributed by atoms with Gasteiger partial charge in [-0.2, -0.15) is 0 Å². The molecule has 0 saturated heterocycles. The van der Waals surface area contributed by atoms with Crippen molar-refractivity contribution in [3.63, 3.8) is 0 Å². The Morgan fingerprint density at radius 2 is 1.35 bits per heavy atom. The SMILES string of the molecule is c1cccc(-c2ccc(-c3cccc4c3oc3ccccc34)cc2-c2oc(-c3ccccc3-c3ccccc3)c3c2CCC=C3)c#1. The first-order chi connectivity index (χ1) is 22.8.